The molecule has 4 heteroatoms. The second-order valence-electron chi connectivity index (χ2n) is 7.88. The highest BCUT2D eigenvalue weighted by molar-refractivity contribution is 6.30. The highest BCUT2D eigenvalue weighted by atomic mass is 35.5. The lowest BCUT2D eigenvalue weighted by Gasteiger charge is -2.24. The average Bonchev–Trinajstić information content (AvgIpc) is 3.01. The molecule has 3 unspecified atom stereocenters. The average molecular weight is 308 g/mol. The van der Waals surface area contributed by atoms with Crippen molar-refractivity contribution in [1.29, 1.82) is 0 Å². The van der Waals surface area contributed by atoms with Crippen LogP contribution in [0.2, 0.25) is 5.15 Å². The van der Waals surface area contributed by atoms with Crippen LogP contribution >= 0.6 is 11.6 Å². The van der Waals surface area contributed by atoms with E-state index in [4.69, 9.17) is 16.6 Å². The van der Waals surface area contributed by atoms with Gasteiger partial charge in [-0.25, -0.2) is 9.97 Å². The Balaban J connectivity index is 1.74. The predicted molar refractivity (Wildman–Crippen MR) is 87.9 cm³/mol. The maximum absolute atomic E-state index is 6.29. The number of hydrogen-bond donors (Lipinski definition) is 1. The number of nitrogens with zero attached hydrogens (tertiary/aromatic N) is 2. The van der Waals surface area contributed by atoms with Gasteiger partial charge < -0.3 is 5.32 Å². The van der Waals surface area contributed by atoms with Crippen LogP contribution in [-0.4, -0.2) is 16.5 Å². The van der Waals surface area contributed by atoms with E-state index >= 15 is 0 Å². The SMILES string of the molecule is Cc1c(Cl)nc(C(C)(C)C)nc1NCC1CC2CCC1C2. The molecule has 2 saturated carbocycles. The minimum Gasteiger partial charge on any atom is -0.369 e. The van der Waals surface area contributed by atoms with Crippen LogP contribution in [0.3, 0.4) is 0 Å². The number of halogens is 1. The molecule has 2 bridgehead atoms. The summed E-state index contributed by atoms with van der Waals surface area (Å²) in [6.45, 7) is 9.38. The minimum atomic E-state index is -0.0831. The number of hydrogen-bond acceptors (Lipinski definition) is 3. The molecule has 3 rings (SSSR count). The van der Waals surface area contributed by atoms with E-state index in [1.807, 2.05) is 6.92 Å². The van der Waals surface area contributed by atoms with Crippen molar-refractivity contribution in [1.82, 2.24) is 9.97 Å². The molecule has 3 atom stereocenters. The molecule has 0 spiro atoms. The Morgan fingerprint density at radius 1 is 1.19 bits per heavy atom. The van der Waals surface area contributed by atoms with Crippen molar-refractivity contribution in [2.24, 2.45) is 17.8 Å². The van der Waals surface area contributed by atoms with Crippen molar-refractivity contribution in [3.63, 3.8) is 0 Å². The quantitative estimate of drug-likeness (QED) is 0.830. The van der Waals surface area contributed by atoms with Crippen LogP contribution in [0, 0.1) is 24.7 Å². The summed E-state index contributed by atoms with van der Waals surface area (Å²) in [7, 11) is 0. The molecular weight excluding hydrogens is 282 g/mol. The van der Waals surface area contributed by atoms with Gasteiger partial charge in [0, 0.05) is 17.5 Å². The van der Waals surface area contributed by atoms with Crippen LogP contribution in [0.15, 0.2) is 0 Å². The summed E-state index contributed by atoms with van der Waals surface area (Å²) in [5.41, 5.74) is 0.882. The number of fused-ring (bicyclic) bond motifs is 2. The minimum absolute atomic E-state index is 0.0831. The number of nitrogens with one attached hydrogen (secondary N) is 1. The van der Waals surface area contributed by atoms with Gasteiger partial charge in [0.25, 0.3) is 0 Å². The first-order valence-electron chi connectivity index (χ1n) is 8.13. The maximum Gasteiger partial charge on any atom is 0.137 e. The molecule has 2 aliphatic carbocycles. The van der Waals surface area contributed by atoms with Crippen molar-refractivity contribution < 1.29 is 0 Å². The standard InChI is InChI=1S/C17H26ClN3/c1-10-14(18)20-16(17(2,3)4)21-15(10)19-9-13-8-11-5-6-12(13)7-11/h11-13H,5-9H2,1-4H3,(H,19,20,21). The molecule has 0 radical (unpaired) electrons. The molecule has 21 heavy (non-hydrogen) atoms. The predicted octanol–water partition coefficient (Wildman–Crippen LogP) is 4.58. The van der Waals surface area contributed by atoms with Crippen LogP contribution in [0.25, 0.3) is 0 Å². The molecular formula is C17H26ClN3. The smallest absolute Gasteiger partial charge is 0.137 e. The number of rotatable bonds is 3. The van der Waals surface area contributed by atoms with Crippen LogP contribution in [0.5, 0.6) is 0 Å². The van der Waals surface area contributed by atoms with Gasteiger partial charge in [-0.15, -0.1) is 0 Å². The first-order chi connectivity index (χ1) is 9.84. The van der Waals surface area contributed by atoms with E-state index in [2.05, 4.69) is 31.1 Å². The monoisotopic (exact) mass is 307 g/mol. The highest BCUT2D eigenvalue weighted by Crippen LogP contribution is 2.48. The lowest BCUT2D eigenvalue weighted by Crippen LogP contribution is -2.23. The molecule has 2 fully saturated rings. The Bertz CT molecular complexity index is 536. The summed E-state index contributed by atoms with van der Waals surface area (Å²) < 4.78 is 0. The molecule has 0 aromatic carbocycles. The summed E-state index contributed by atoms with van der Waals surface area (Å²) in [4.78, 5) is 9.16. The van der Waals surface area contributed by atoms with E-state index in [0.717, 1.165) is 41.5 Å². The molecule has 1 heterocycles. The van der Waals surface area contributed by atoms with Crippen molar-refractivity contribution >= 4 is 17.4 Å². The topological polar surface area (TPSA) is 37.8 Å². The molecule has 0 aliphatic heterocycles. The molecule has 2 aliphatic rings. The van der Waals surface area contributed by atoms with Gasteiger partial charge in [0.05, 0.1) is 0 Å². The largest absolute Gasteiger partial charge is 0.369 e. The summed E-state index contributed by atoms with van der Waals surface area (Å²) in [5.74, 6) is 4.47. The molecule has 0 amide bonds. The van der Waals surface area contributed by atoms with Crippen molar-refractivity contribution in [3.8, 4) is 0 Å². The Morgan fingerprint density at radius 2 is 1.95 bits per heavy atom. The molecule has 1 aromatic rings. The number of anilines is 1. The van der Waals surface area contributed by atoms with Crippen molar-refractivity contribution in [3.05, 3.63) is 16.5 Å². The molecule has 116 valence electrons. The molecule has 1 aromatic heterocycles. The first kappa shape index (κ1) is 15.1. The van der Waals surface area contributed by atoms with Gasteiger partial charge in [0.2, 0.25) is 0 Å². The normalized spacial score (nSPS) is 28.1. The zero-order valence-corrected chi connectivity index (χ0v) is 14.3. The van der Waals surface area contributed by atoms with Gasteiger partial charge in [0.1, 0.15) is 16.8 Å². The van der Waals surface area contributed by atoms with Crippen LogP contribution in [0.1, 0.15) is 57.8 Å². The molecule has 3 nitrogen and oxygen atoms in total. The zero-order chi connectivity index (χ0) is 15.2. The van der Waals surface area contributed by atoms with Crippen LogP contribution < -0.4 is 5.32 Å². The Hall–Kier alpha value is -0.830. The summed E-state index contributed by atoms with van der Waals surface area (Å²) in [6.07, 6.45) is 5.71. The fourth-order valence-electron chi connectivity index (χ4n) is 3.85. The summed E-state index contributed by atoms with van der Waals surface area (Å²) in [6, 6.07) is 0. The van der Waals surface area contributed by atoms with Gasteiger partial charge in [-0.3, -0.25) is 0 Å². The van der Waals surface area contributed by atoms with Crippen LogP contribution in [-0.2, 0) is 5.41 Å². The lowest BCUT2D eigenvalue weighted by atomic mass is 9.89. The van der Waals surface area contributed by atoms with Gasteiger partial charge >= 0.3 is 0 Å². The Morgan fingerprint density at radius 3 is 2.52 bits per heavy atom. The van der Waals surface area contributed by atoms with Gasteiger partial charge in [-0.2, -0.15) is 0 Å². The van der Waals surface area contributed by atoms with E-state index in [1.54, 1.807) is 0 Å². The van der Waals surface area contributed by atoms with E-state index in [9.17, 15) is 0 Å². The Labute approximate surface area is 132 Å². The van der Waals surface area contributed by atoms with Gasteiger partial charge in [-0.05, 0) is 43.9 Å². The van der Waals surface area contributed by atoms with Gasteiger partial charge in [0.15, 0.2) is 0 Å². The van der Waals surface area contributed by atoms with Crippen molar-refractivity contribution in [2.75, 3.05) is 11.9 Å². The second-order valence-corrected chi connectivity index (χ2v) is 8.24. The third-order valence-electron chi connectivity index (χ3n) is 5.17. The highest BCUT2D eigenvalue weighted by Gasteiger charge is 2.39. The first-order valence-corrected chi connectivity index (χ1v) is 8.51. The fraction of sp³-hybridized carbons (Fsp3) is 0.765. The third kappa shape index (κ3) is 3.03. The summed E-state index contributed by atoms with van der Waals surface area (Å²) in [5, 5.41) is 4.13. The third-order valence-corrected chi connectivity index (χ3v) is 5.54. The second kappa shape index (κ2) is 5.42. The van der Waals surface area contributed by atoms with E-state index in [1.165, 1.54) is 25.7 Å². The Kier molecular flexibility index (Phi) is 3.89. The maximum atomic E-state index is 6.29. The number of aromatic nitrogens is 2. The molecule has 1 N–H and O–H groups in total. The fourth-order valence-corrected chi connectivity index (χ4v) is 4.02. The molecule has 0 saturated heterocycles. The van der Waals surface area contributed by atoms with E-state index in [-0.39, 0.29) is 5.41 Å². The zero-order valence-electron chi connectivity index (χ0n) is 13.5. The van der Waals surface area contributed by atoms with Crippen molar-refractivity contribution in [2.45, 2.75) is 58.8 Å². The summed E-state index contributed by atoms with van der Waals surface area (Å²) >= 11 is 6.29. The lowest BCUT2D eigenvalue weighted by molar-refractivity contribution is 0.348. The van der Waals surface area contributed by atoms with E-state index < -0.39 is 0 Å². The van der Waals surface area contributed by atoms with E-state index in [0.29, 0.717) is 5.15 Å². The van der Waals surface area contributed by atoms with Crippen LogP contribution in [0.4, 0.5) is 5.82 Å². The van der Waals surface area contributed by atoms with Gasteiger partial charge in [-0.1, -0.05) is 38.8 Å².